The summed E-state index contributed by atoms with van der Waals surface area (Å²) in [4.78, 5) is 18.1. The first-order chi connectivity index (χ1) is 9.37. The molecule has 0 unspecified atom stereocenters. The zero-order valence-corrected chi connectivity index (χ0v) is 15.0. The number of carbonyl (C=O) groups is 1. The van der Waals surface area contributed by atoms with E-state index < -0.39 is 0 Å². The number of nitrogens with one attached hydrogen (secondary N) is 1. The van der Waals surface area contributed by atoms with Crippen LogP contribution in [-0.4, -0.2) is 30.5 Å². The number of benzene rings is 1. The highest BCUT2D eigenvalue weighted by Gasteiger charge is 2.23. The number of para-hydroxylation sites is 1. The highest BCUT2D eigenvalue weighted by atomic mass is 127. The topological polar surface area (TPSA) is 70.7 Å². The summed E-state index contributed by atoms with van der Waals surface area (Å²) in [6.45, 7) is 6.78. The highest BCUT2D eigenvalue weighted by Crippen LogP contribution is 2.27. The molecule has 0 saturated heterocycles. The van der Waals surface area contributed by atoms with Crippen molar-refractivity contribution in [2.75, 3.05) is 18.0 Å². The van der Waals surface area contributed by atoms with Crippen LogP contribution in [0.4, 0.5) is 5.69 Å². The van der Waals surface area contributed by atoms with Crippen molar-refractivity contribution in [3.8, 4) is 0 Å². The molecule has 0 bridgehead atoms. The lowest BCUT2D eigenvalue weighted by Gasteiger charge is -2.21. The number of guanidine groups is 1. The van der Waals surface area contributed by atoms with Crippen LogP contribution in [-0.2, 0) is 11.2 Å². The molecule has 5 nitrogen and oxygen atoms in total. The summed E-state index contributed by atoms with van der Waals surface area (Å²) in [6.07, 6.45) is 0.904. The molecular weight excluding hydrogens is 379 g/mol. The van der Waals surface area contributed by atoms with E-state index in [2.05, 4.69) is 16.4 Å². The molecule has 0 saturated carbocycles. The van der Waals surface area contributed by atoms with Crippen LogP contribution in [0, 0.1) is 0 Å². The lowest BCUT2D eigenvalue weighted by Crippen LogP contribution is -2.45. The van der Waals surface area contributed by atoms with Crippen molar-refractivity contribution in [2.45, 2.75) is 32.7 Å². The van der Waals surface area contributed by atoms with Gasteiger partial charge in [-0.05, 0) is 38.8 Å². The van der Waals surface area contributed by atoms with Crippen LogP contribution < -0.4 is 16.0 Å². The molecule has 6 heteroatoms. The van der Waals surface area contributed by atoms with Crippen molar-refractivity contribution in [3.05, 3.63) is 29.8 Å². The molecule has 0 fully saturated rings. The van der Waals surface area contributed by atoms with Crippen LogP contribution in [0.15, 0.2) is 29.3 Å². The molecule has 0 radical (unpaired) electrons. The molecular formula is C15H23IN4O. The van der Waals surface area contributed by atoms with E-state index >= 15 is 0 Å². The van der Waals surface area contributed by atoms with Crippen molar-refractivity contribution < 1.29 is 4.79 Å². The Bertz CT molecular complexity index is 537. The van der Waals surface area contributed by atoms with E-state index in [0.717, 1.165) is 18.7 Å². The molecule has 1 aromatic rings. The van der Waals surface area contributed by atoms with Crippen LogP contribution in [0.2, 0.25) is 0 Å². The maximum absolute atomic E-state index is 12.2. The van der Waals surface area contributed by atoms with E-state index in [1.807, 2.05) is 39.0 Å². The molecule has 0 atom stereocenters. The Morgan fingerprint density at radius 2 is 2.05 bits per heavy atom. The van der Waals surface area contributed by atoms with Crippen molar-refractivity contribution in [1.82, 2.24) is 5.32 Å². The summed E-state index contributed by atoms with van der Waals surface area (Å²) in [5, 5.41) is 3.04. The average molecular weight is 402 g/mol. The number of hydrogen-bond acceptors (Lipinski definition) is 2. The fourth-order valence-corrected chi connectivity index (χ4v) is 2.26. The van der Waals surface area contributed by atoms with Gasteiger partial charge in [0.05, 0.1) is 0 Å². The number of anilines is 1. The van der Waals surface area contributed by atoms with E-state index in [1.54, 1.807) is 4.90 Å². The zero-order valence-electron chi connectivity index (χ0n) is 12.7. The molecule has 3 N–H and O–H groups in total. The second-order valence-corrected chi connectivity index (χ2v) is 6.00. The van der Waals surface area contributed by atoms with Gasteiger partial charge in [0.2, 0.25) is 5.91 Å². The minimum Gasteiger partial charge on any atom is -0.370 e. The smallest absolute Gasteiger partial charge is 0.248 e. The van der Waals surface area contributed by atoms with Gasteiger partial charge >= 0.3 is 0 Å². The molecule has 1 amide bonds. The quantitative estimate of drug-likeness (QED) is 0.451. The third-order valence-electron chi connectivity index (χ3n) is 3.08. The van der Waals surface area contributed by atoms with Crippen LogP contribution in [0.5, 0.6) is 0 Å². The number of amides is 1. The maximum atomic E-state index is 12.2. The molecule has 1 aromatic carbocycles. The van der Waals surface area contributed by atoms with Gasteiger partial charge < -0.3 is 16.0 Å². The minimum atomic E-state index is -0.156. The van der Waals surface area contributed by atoms with Crippen molar-refractivity contribution in [2.24, 2.45) is 10.7 Å². The first-order valence-electron chi connectivity index (χ1n) is 6.83. The minimum absolute atomic E-state index is 0. The number of carbonyl (C=O) groups excluding carboxylic acids is 1. The van der Waals surface area contributed by atoms with Crippen LogP contribution >= 0.6 is 24.0 Å². The van der Waals surface area contributed by atoms with E-state index in [-0.39, 0.29) is 42.0 Å². The summed E-state index contributed by atoms with van der Waals surface area (Å²) in [6, 6.07) is 7.97. The van der Waals surface area contributed by atoms with Gasteiger partial charge in [-0.1, -0.05) is 18.2 Å². The van der Waals surface area contributed by atoms with Gasteiger partial charge in [0, 0.05) is 17.8 Å². The Morgan fingerprint density at radius 3 is 2.71 bits per heavy atom. The number of nitrogens with zero attached hydrogens (tertiary/aromatic N) is 2. The normalized spacial score (nSPS) is 14.4. The lowest BCUT2D eigenvalue weighted by atomic mass is 10.1. The molecule has 1 heterocycles. The van der Waals surface area contributed by atoms with Gasteiger partial charge in [-0.2, -0.15) is 0 Å². The molecule has 1 aliphatic rings. The molecule has 21 heavy (non-hydrogen) atoms. The number of hydrogen-bond donors (Lipinski definition) is 2. The second kappa shape index (κ2) is 7.11. The van der Waals surface area contributed by atoms with Gasteiger partial charge in [-0.25, -0.2) is 4.99 Å². The fourth-order valence-electron chi connectivity index (χ4n) is 2.26. The molecule has 0 spiro atoms. The lowest BCUT2D eigenvalue weighted by molar-refractivity contribution is -0.117. The Labute approximate surface area is 143 Å². The molecule has 0 aromatic heterocycles. The predicted molar refractivity (Wildman–Crippen MR) is 97.3 cm³/mol. The molecule has 116 valence electrons. The average Bonchev–Trinajstić information content (AvgIpc) is 2.78. The maximum Gasteiger partial charge on any atom is 0.248 e. The van der Waals surface area contributed by atoms with Gasteiger partial charge in [-0.15, -0.1) is 24.0 Å². The molecule has 1 aliphatic heterocycles. The fraction of sp³-hybridized carbons (Fsp3) is 0.467. The van der Waals surface area contributed by atoms with E-state index in [9.17, 15) is 4.79 Å². The summed E-state index contributed by atoms with van der Waals surface area (Å²) in [5.74, 6) is 0.284. The molecule has 0 aliphatic carbocycles. The second-order valence-electron chi connectivity index (χ2n) is 6.00. The summed E-state index contributed by atoms with van der Waals surface area (Å²) < 4.78 is 0. The Hall–Kier alpha value is -1.31. The van der Waals surface area contributed by atoms with E-state index in [1.165, 1.54) is 5.56 Å². The van der Waals surface area contributed by atoms with Crippen molar-refractivity contribution in [1.29, 1.82) is 0 Å². The molecule has 2 rings (SSSR count). The van der Waals surface area contributed by atoms with Gasteiger partial charge in [0.25, 0.3) is 0 Å². The summed E-state index contributed by atoms with van der Waals surface area (Å²) in [5.41, 5.74) is 7.82. The largest absolute Gasteiger partial charge is 0.370 e. The first kappa shape index (κ1) is 17.7. The van der Waals surface area contributed by atoms with Crippen LogP contribution in [0.3, 0.4) is 0 Å². The highest BCUT2D eigenvalue weighted by molar-refractivity contribution is 14.0. The Morgan fingerprint density at radius 1 is 1.38 bits per heavy atom. The Kier molecular flexibility index (Phi) is 6.00. The van der Waals surface area contributed by atoms with Crippen LogP contribution in [0.25, 0.3) is 0 Å². The van der Waals surface area contributed by atoms with E-state index in [0.29, 0.717) is 5.96 Å². The van der Waals surface area contributed by atoms with Crippen molar-refractivity contribution >= 4 is 41.5 Å². The summed E-state index contributed by atoms with van der Waals surface area (Å²) >= 11 is 0. The van der Waals surface area contributed by atoms with E-state index in [4.69, 9.17) is 5.73 Å². The zero-order chi connectivity index (χ0) is 14.8. The first-order valence-corrected chi connectivity index (χ1v) is 6.83. The SMILES string of the molecule is CC(C)(C)NC(N)=NCC(=O)N1CCc2ccccc21.I. The monoisotopic (exact) mass is 402 g/mol. The number of fused-ring (bicyclic) bond motifs is 1. The van der Waals surface area contributed by atoms with Gasteiger partial charge in [0.1, 0.15) is 6.54 Å². The van der Waals surface area contributed by atoms with Gasteiger partial charge in [-0.3, -0.25) is 4.79 Å². The number of halogens is 1. The number of rotatable bonds is 2. The predicted octanol–water partition coefficient (Wildman–Crippen LogP) is 1.90. The summed E-state index contributed by atoms with van der Waals surface area (Å²) in [7, 11) is 0. The van der Waals surface area contributed by atoms with Crippen molar-refractivity contribution in [3.63, 3.8) is 0 Å². The Balaban J connectivity index is 0.00000220. The number of aliphatic imine (C=N–C) groups is 1. The number of nitrogens with two attached hydrogens (primary N) is 1. The third-order valence-corrected chi connectivity index (χ3v) is 3.08. The van der Waals surface area contributed by atoms with Crippen LogP contribution in [0.1, 0.15) is 26.3 Å². The third kappa shape index (κ3) is 4.87. The standard InChI is InChI=1S/C15H22N4O.HI/c1-15(2,3)18-14(16)17-10-13(20)19-9-8-11-6-4-5-7-12(11)19;/h4-7H,8-10H2,1-3H3,(H3,16,17,18);1H. The van der Waals surface area contributed by atoms with Gasteiger partial charge in [0.15, 0.2) is 5.96 Å².